The first-order valence-corrected chi connectivity index (χ1v) is 6.40. The van der Waals surface area contributed by atoms with E-state index in [1.165, 1.54) is 22.7 Å². The Morgan fingerprint density at radius 1 is 1.06 bits per heavy atom. The summed E-state index contributed by atoms with van der Waals surface area (Å²) in [6.07, 6.45) is 0. The second-order valence-electron chi connectivity index (χ2n) is 4.64. The monoisotopic (exact) mass is 258 g/mol. The molecule has 92 valence electrons. The SMILES string of the molecule is CC1=C(c2ccccc2)n2c(Cl)ccc2CN1C. The van der Waals surface area contributed by atoms with Crippen molar-refractivity contribution in [3.05, 3.63) is 64.6 Å². The topological polar surface area (TPSA) is 8.17 Å². The zero-order chi connectivity index (χ0) is 12.7. The van der Waals surface area contributed by atoms with Gasteiger partial charge in [0.1, 0.15) is 5.15 Å². The smallest absolute Gasteiger partial charge is 0.113 e. The molecule has 0 bridgehead atoms. The molecule has 0 saturated carbocycles. The zero-order valence-corrected chi connectivity index (χ0v) is 11.3. The lowest BCUT2D eigenvalue weighted by atomic mass is 10.1. The van der Waals surface area contributed by atoms with Crippen molar-refractivity contribution in [2.24, 2.45) is 0 Å². The molecule has 3 rings (SSSR count). The maximum absolute atomic E-state index is 6.33. The van der Waals surface area contributed by atoms with E-state index in [4.69, 9.17) is 11.6 Å². The Hall–Kier alpha value is -1.67. The molecule has 1 aliphatic heterocycles. The summed E-state index contributed by atoms with van der Waals surface area (Å²) in [6.45, 7) is 3.04. The molecule has 3 heteroatoms. The Kier molecular flexibility index (Phi) is 2.67. The molecule has 0 unspecified atom stereocenters. The van der Waals surface area contributed by atoms with E-state index in [0.717, 1.165) is 11.7 Å². The van der Waals surface area contributed by atoms with Crippen molar-refractivity contribution in [3.63, 3.8) is 0 Å². The highest BCUT2D eigenvalue weighted by atomic mass is 35.5. The van der Waals surface area contributed by atoms with Gasteiger partial charge in [0.25, 0.3) is 0 Å². The summed E-state index contributed by atoms with van der Waals surface area (Å²) in [4.78, 5) is 2.26. The third kappa shape index (κ3) is 1.65. The highest BCUT2D eigenvalue weighted by Crippen LogP contribution is 2.33. The lowest BCUT2D eigenvalue weighted by Crippen LogP contribution is -2.25. The largest absolute Gasteiger partial charge is 0.371 e. The summed E-state index contributed by atoms with van der Waals surface area (Å²) < 4.78 is 2.15. The van der Waals surface area contributed by atoms with Crippen molar-refractivity contribution in [1.82, 2.24) is 9.47 Å². The fourth-order valence-electron chi connectivity index (χ4n) is 2.46. The Bertz CT molecular complexity index is 611. The highest BCUT2D eigenvalue weighted by molar-refractivity contribution is 6.30. The van der Waals surface area contributed by atoms with Crippen LogP contribution in [-0.4, -0.2) is 16.5 Å². The molecule has 1 aromatic carbocycles. The fraction of sp³-hybridized carbons (Fsp3) is 0.200. The molecule has 0 amide bonds. The minimum atomic E-state index is 0.774. The zero-order valence-electron chi connectivity index (χ0n) is 10.5. The van der Waals surface area contributed by atoms with Gasteiger partial charge < -0.3 is 9.47 Å². The molecule has 2 aromatic rings. The van der Waals surface area contributed by atoms with Crippen LogP contribution in [0.15, 0.2) is 48.2 Å². The number of nitrogens with zero attached hydrogens (tertiary/aromatic N) is 2. The van der Waals surface area contributed by atoms with E-state index in [0.29, 0.717) is 0 Å². The highest BCUT2D eigenvalue weighted by Gasteiger charge is 2.22. The minimum absolute atomic E-state index is 0.774. The van der Waals surface area contributed by atoms with Crippen LogP contribution in [0.4, 0.5) is 0 Å². The molecule has 1 aliphatic rings. The van der Waals surface area contributed by atoms with Gasteiger partial charge in [0, 0.05) is 24.0 Å². The standard InChI is InChI=1S/C15H15ClN2/c1-11-15(12-6-4-3-5-7-12)18-13(10-17(11)2)8-9-14(18)16/h3-9H,10H2,1-2H3. The lowest BCUT2D eigenvalue weighted by molar-refractivity contribution is 0.391. The summed E-state index contributed by atoms with van der Waals surface area (Å²) in [5.41, 5.74) is 4.84. The molecule has 0 aliphatic carbocycles. The van der Waals surface area contributed by atoms with Gasteiger partial charge in [-0.05, 0) is 19.1 Å². The minimum Gasteiger partial charge on any atom is -0.371 e. The maximum atomic E-state index is 6.33. The van der Waals surface area contributed by atoms with E-state index in [1.54, 1.807) is 0 Å². The lowest BCUT2D eigenvalue weighted by Gasteiger charge is -2.31. The van der Waals surface area contributed by atoms with Crippen LogP contribution in [-0.2, 0) is 6.54 Å². The average molecular weight is 259 g/mol. The molecule has 2 heterocycles. The summed E-state index contributed by atoms with van der Waals surface area (Å²) in [6, 6.07) is 14.4. The number of halogens is 1. The van der Waals surface area contributed by atoms with Crippen LogP contribution in [0.5, 0.6) is 0 Å². The first kappa shape index (κ1) is 11.4. The van der Waals surface area contributed by atoms with E-state index in [9.17, 15) is 0 Å². The van der Waals surface area contributed by atoms with Crippen LogP contribution in [0.25, 0.3) is 5.70 Å². The molecule has 0 atom stereocenters. The van der Waals surface area contributed by atoms with E-state index in [-0.39, 0.29) is 0 Å². The van der Waals surface area contributed by atoms with Gasteiger partial charge in [0.2, 0.25) is 0 Å². The molecule has 0 saturated heterocycles. The van der Waals surface area contributed by atoms with Crippen molar-refractivity contribution in [1.29, 1.82) is 0 Å². The Morgan fingerprint density at radius 2 is 1.78 bits per heavy atom. The number of fused-ring (bicyclic) bond motifs is 1. The average Bonchev–Trinajstić information content (AvgIpc) is 2.73. The molecule has 18 heavy (non-hydrogen) atoms. The normalized spacial score (nSPS) is 14.9. The van der Waals surface area contributed by atoms with Gasteiger partial charge in [0.15, 0.2) is 0 Å². The van der Waals surface area contributed by atoms with Crippen LogP contribution in [0.1, 0.15) is 18.2 Å². The van der Waals surface area contributed by atoms with Gasteiger partial charge in [0.05, 0.1) is 12.2 Å². The van der Waals surface area contributed by atoms with Crippen molar-refractivity contribution in [2.75, 3.05) is 7.05 Å². The van der Waals surface area contributed by atoms with Gasteiger partial charge >= 0.3 is 0 Å². The number of aromatic nitrogens is 1. The van der Waals surface area contributed by atoms with Gasteiger partial charge in [-0.15, -0.1) is 0 Å². The first-order valence-electron chi connectivity index (χ1n) is 6.02. The van der Waals surface area contributed by atoms with Crippen LogP contribution in [0, 0.1) is 0 Å². The molecule has 2 nitrogen and oxygen atoms in total. The number of hydrogen-bond acceptors (Lipinski definition) is 1. The summed E-state index contributed by atoms with van der Waals surface area (Å²) in [5.74, 6) is 0. The fourth-order valence-corrected chi connectivity index (χ4v) is 2.72. The predicted octanol–water partition coefficient (Wildman–Crippen LogP) is 3.82. The van der Waals surface area contributed by atoms with Crippen LogP contribution >= 0.6 is 11.6 Å². The third-order valence-electron chi connectivity index (χ3n) is 3.50. The third-order valence-corrected chi connectivity index (χ3v) is 3.79. The van der Waals surface area contributed by atoms with Crippen molar-refractivity contribution in [3.8, 4) is 0 Å². The Labute approximate surface area is 112 Å². The number of rotatable bonds is 1. The van der Waals surface area contributed by atoms with E-state index in [1.807, 2.05) is 12.1 Å². The molecule has 0 spiro atoms. The van der Waals surface area contributed by atoms with Crippen LogP contribution in [0.3, 0.4) is 0 Å². The predicted molar refractivity (Wildman–Crippen MR) is 75.3 cm³/mol. The molecular weight excluding hydrogens is 244 g/mol. The van der Waals surface area contributed by atoms with Crippen molar-refractivity contribution >= 4 is 17.3 Å². The number of hydrogen-bond donors (Lipinski definition) is 0. The van der Waals surface area contributed by atoms with Crippen molar-refractivity contribution in [2.45, 2.75) is 13.5 Å². The van der Waals surface area contributed by atoms with Gasteiger partial charge in [-0.1, -0.05) is 41.9 Å². The summed E-state index contributed by atoms with van der Waals surface area (Å²) >= 11 is 6.33. The molecule has 0 radical (unpaired) electrons. The molecule has 0 N–H and O–H groups in total. The summed E-state index contributed by atoms with van der Waals surface area (Å²) in [5, 5.41) is 0.774. The second kappa shape index (κ2) is 4.21. The number of allylic oxidation sites excluding steroid dienone is 1. The van der Waals surface area contributed by atoms with Gasteiger partial charge in [-0.2, -0.15) is 0 Å². The van der Waals surface area contributed by atoms with E-state index < -0.39 is 0 Å². The molecule has 1 aromatic heterocycles. The van der Waals surface area contributed by atoms with Gasteiger partial charge in [-0.25, -0.2) is 0 Å². The van der Waals surface area contributed by atoms with E-state index in [2.05, 4.69) is 53.8 Å². The molecule has 0 fully saturated rings. The quantitative estimate of drug-likeness (QED) is 0.755. The maximum Gasteiger partial charge on any atom is 0.113 e. The van der Waals surface area contributed by atoms with Crippen LogP contribution in [0.2, 0.25) is 5.15 Å². The Morgan fingerprint density at radius 3 is 2.50 bits per heavy atom. The van der Waals surface area contributed by atoms with Gasteiger partial charge in [-0.3, -0.25) is 0 Å². The molecular formula is C15H15ClN2. The van der Waals surface area contributed by atoms with Crippen molar-refractivity contribution < 1.29 is 0 Å². The first-order chi connectivity index (χ1) is 8.68. The Balaban J connectivity index is 2.26. The summed E-state index contributed by atoms with van der Waals surface area (Å²) in [7, 11) is 2.11. The second-order valence-corrected chi connectivity index (χ2v) is 5.03. The van der Waals surface area contributed by atoms with E-state index >= 15 is 0 Å². The van der Waals surface area contributed by atoms with Crippen LogP contribution < -0.4 is 0 Å². The number of benzene rings is 1.